The minimum absolute atomic E-state index is 0.0383. The predicted octanol–water partition coefficient (Wildman–Crippen LogP) is 3.30. The van der Waals surface area contributed by atoms with Gasteiger partial charge < -0.3 is 10.6 Å². The zero-order chi connectivity index (χ0) is 13.1. The smallest absolute Gasteiger partial charge is 0.182 e. The average molecular weight is 258 g/mol. The highest BCUT2D eigenvalue weighted by atomic mass is 32.1. The number of hydrogen-bond donors (Lipinski definition) is 2. The van der Waals surface area contributed by atoms with Crippen molar-refractivity contribution in [3.63, 3.8) is 0 Å². The number of halogens is 2. The van der Waals surface area contributed by atoms with Crippen LogP contribution in [-0.4, -0.2) is 11.7 Å². The SMILES string of the molecule is CC(C)(C)CNC(=S)Nc1cccc(F)c1F. The molecule has 1 aromatic carbocycles. The van der Waals surface area contributed by atoms with E-state index in [1.807, 2.05) is 20.8 Å². The first-order valence-corrected chi connectivity index (χ1v) is 5.69. The van der Waals surface area contributed by atoms with Gasteiger partial charge in [-0.05, 0) is 29.8 Å². The first-order chi connectivity index (χ1) is 7.79. The summed E-state index contributed by atoms with van der Waals surface area (Å²) in [5.74, 6) is -1.82. The normalized spacial score (nSPS) is 11.1. The van der Waals surface area contributed by atoms with Crippen LogP contribution in [0.2, 0.25) is 0 Å². The van der Waals surface area contributed by atoms with Crippen molar-refractivity contribution >= 4 is 23.0 Å². The molecule has 0 atom stereocenters. The van der Waals surface area contributed by atoms with E-state index in [2.05, 4.69) is 10.6 Å². The van der Waals surface area contributed by atoms with Crippen molar-refractivity contribution in [1.29, 1.82) is 0 Å². The van der Waals surface area contributed by atoms with Crippen molar-refractivity contribution in [3.05, 3.63) is 29.8 Å². The Morgan fingerprint density at radius 3 is 2.53 bits per heavy atom. The van der Waals surface area contributed by atoms with Gasteiger partial charge in [-0.3, -0.25) is 0 Å². The van der Waals surface area contributed by atoms with Crippen molar-refractivity contribution in [3.8, 4) is 0 Å². The van der Waals surface area contributed by atoms with E-state index >= 15 is 0 Å². The van der Waals surface area contributed by atoms with Crippen molar-refractivity contribution in [2.45, 2.75) is 20.8 Å². The van der Waals surface area contributed by atoms with E-state index < -0.39 is 11.6 Å². The molecule has 0 bridgehead atoms. The molecule has 1 rings (SSSR count). The summed E-state index contributed by atoms with van der Waals surface area (Å²) in [4.78, 5) is 0. The number of rotatable bonds is 2. The van der Waals surface area contributed by atoms with Gasteiger partial charge in [0.05, 0.1) is 5.69 Å². The minimum atomic E-state index is -0.924. The van der Waals surface area contributed by atoms with Crippen molar-refractivity contribution < 1.29 is 8.78 Å². The molecule has 0 amide bonds. The Morgan fingerprint density at radius 2 is 1.94 bits per heavy atom. The van der Waals surface area contributed by atoms with Crippen LogP contribution in [0.1, 0.15) is 20.8 Å². The monoisotopic (exact) mass is 258 g/mol. The maximum absolute atomic E-state index is 13.3. The third-order valence-corrected chi connectivity index (χ3v) is 2.23. The molecule has 2 N–H and O–H groups in total. The van der Waals surface area contributed by atoms with Crippen LogP contribution in [0.15, 0.2) is 18.2 Å². The van der Waals surface area contributed by atoms with Crippen LogP contribution in [0, 0.1) is 17.0 Å². The molecule has 0 spiro atoms. The van der Waals surface area contributed by atoms with E-state index in [-0.39, 0.29) is 16.2 Å². The molecule has 0 radical (unpaired) electrons. The summed E-state index contributed by atoms with van der Waals surface area (Å²) in [7, 11) is 0. The number of nitrogens with one attached hydrogen (secondary N) is 2. The highest BCUT2D eigenvalue weighted by Crippen LogP contribution is 2.16. The molecule has 0 saturated heterocycles. The van der Waals surface area contributed by atoms with E-state index in [9.17, 15) is 8.78 Å². The lowest BCUT2D eigenvalue weighted by atomic mass is 9.97. The quantitative estimate of drug-likeness (QED) is 0.796. The lowest BCUT2D eigenvalue weighted by Gasteiger charge is -2.20. The van der Waals surface area contributed by atoms with Crippen LogP contribution in [0.4, 0.5) is 14.5 Å². The first-order valence-electron chi connectivity index (χ1n) is 5.28. The molecule has 5 heteroatoms. The van der Waals surface area contributed by atoms with Gasteiger partial charge in [-0.25, -0.2) is 8.78 Å². The molecule has 1 aromatic rings. The van der Waals surface area contributed by atoms with Crippen molar-refractivity contribution in [1.82, 2.24) is 5.32 Å². The Morgan fingerprint density at radius 1 is 1.29 bits per heavy atom. The molecule has 17 heavy (non-hydrogen) atoms. The molecule has 0 aromatic heterocycles. The van der Waals surface area contributed by atoms with Gasteiger partial charge in [-0.15, -0.1) is 0 Å². The van der Waals surface area contributed by atoms with E-state index in [0.29, 0.717) is 6.54 Å². The highest BCUT2D eigenvalue weighted by molar-refractivity contribution is 7.80. The zero-order valence-electron chi connectivity index (χ0n) is 10.1. The largest absolute Gasteiger partial charge is 0.362 e. The van der Waals surface area contributed by atoms with Crippen LogP contribution in [0.25, 0.3) is 0 Å². The summed E-state index contributed by atoms with van der Waals surface area (Å²) in [5.41, 5.74) is 0.100. The Balaban J connectivity index is 2.60. The molecule has 0 heterocycles. The van der Waals surface area contributed by atoms with Crippen molar-refractivity contribution in [2.24, 2.45) is 5.41 Å². The Kier molecular flexibility index (Phi) is 4.40. The molecule has 0 unspecified atom stereocenters. The summed E-state index contributed by atoms with van der Waals surface area (Å²) < 4.78 is 26.2. The molecular formula is C12H16F2N2S. The van der Waals surface area contributed by atoms with E-state index in [1.165, 1.54) is 12.1 Å². The molecule has 0 aliphatic heterocycles. The second-order valence-electron chi connectivity index (χ2n) is 4.97. The number of thiocarbonyl (C=S) groups is 1. The van der Waals surface area contributed by atoms with Crippen LogP contribution < -0.4 is 10.6 Å². The number of benzene rings is 1. The maximum Gasteiger partial charge on any atom is 0.182 e. The molecular weight excluding hydrogens is 242 g/mol. The number of hydrogen-bond acceptors (Lipinski definition) is 1. The summed E-state index contributed by atoms with van der Waals surface area (Å²) in [6.07, 6.45) is 0. The highest BCUT2D eigenvalue weighted by Gasteiger charge is 2.12. The lowest BCUT2D eigenvalue weighted by Crippen LogP contribution is -2.35. The Hall–Kier alpha value is -1.23. The van der Waals surface area contributed by atoms with Gasteiger partial charge in [0.1, 0.15) is 0 Å². The summed E-state index contributed by atoms with van der Waals surface area (Å²) in [6.45, 7) is 6.79. The third-order valence-electron chi connectivity index (χ3n) is 1.98. The summed E-state index contributed by atoms with van der Waals surface area (Å²) in [5, 5.41) is 5.86. The van der Waals surface area contributed by atoms with Crippen LogP contribution in [-0.2, 0) is 0 Å². The fourth-order valence-corrected chi connectivity index (χ4v) is 1.29. The Labute approximate surface area is 105 Å². The van der Waals surface area contributed by atoms with Crippen LogP contribution >= 0.6 is 12.2 Å². The van der Waals surface area contributed by atoms with E-state index in [0.717, 1.165) is 6.07 Å². The predicted molar refractivity (Wildman–Crippen MR) is 70.0 cm³/mol. The van der Waals surface area contributed by atoms with Crippen LogP contribution in [0.3, 0.4) is 0 Å². The molecule has 0 saturated carbocycles. The zero-order valence-corrected chi connectivity index (χ0v) is 10.9. The lowest BCUT2D eigenvalue weighted by molar-refractivity contribution is 0.409. The second kappa shape index (κ2) is 5.40. The first kappa shape index (κ1) is 13.8. The average Bonchev–Trinajstić information content (AvgIpc) is 2.21. The summed E-state index contributed by atoms with van der Waals surface area (Å²) in [6, 6.07) is 3.92. The molecule has 94 valence electrons. The number of anilines is 1. The van der Waals surface area contributed by atoms with Gasteiger partial charge in [0.2, 0.25) is 0 Å². The van der Waals surface area contributed by atoms with E-state index in [1.54, 1.807) is 0 Å². The Bertz CT molecular complexity index is 413. The molecule has 0 aliphatic carbocycles. The van der Waals surface area contributed by atoms with Crippen molar-refractivity contribution in [2.75, 3.05) is 11.9 Å². The fourth-order valence-electron chi connectivity index (χ4n) is 1.11. The van der Waals surface area contributed by atoms with Gasteiger partial charge in [-0.2, -0.15) is 0 Å². The topological polar surface area (TPSA) is 24.1 Å². The van der Waals surface area contributed by atoms with Gasteiger partial charge in [0.15, 0.2) is 16.7 Å². The van der Waals surface area contributed by atoms with Gasteiger partial charge >= 0.3 is 0 Å². The molecule has 0 fully saturated rings. The van der Waals surface area contributed by atoms with Gasteiger partial charge in [-0.1, -0.05) is 26.8 Å². The van der Waals surface area contributed by atoms with Gasteiger partial charge in [0, 0.05) is 6.54 Å². The van der Waals surface area contributed by atoms with Gasteiger partial charge in [0.25, 0.3) is 0 Å². The molecule has 2 nitrogen and oxygen atoms in total. The van der Waals surface area contributed by atoms with Crippen LogP contribution in [0.5, 0.6) is 0 Å². The maximum atomic E-state index is 13.3. The second-order valence-corrected chi connectivity index (χ2v) is 5.38. The fraction of sp³-hybridized carbons (Fsp3) is 0.417. The van der Waals surface area contributed by atoms with E-state index in [4.69, 9.17) is 12.2 Å². The minimum Gasteiger partial charge on any atom is -0.362 e. The molecule has 0 aliphatic rings. The standard InChI is InChI=1S/C12H16F2N2S/c1-12(2,3)7-15-11(17)16-9-6-4-5-8(13)10(9)14/h4-6H,7H2,1-3H3,(H2,15,16,17). The summed E-state index contributed by atoms with van der Waals surface area (Å²) >= 11 is 5.00. The third kappa shape index (κ3) is 4.65.